The molecule has 2 bridgehead atoms. The minimum Gasteiger partial charge on any atom is -0.326 e. The zero-order valence-electron chi connectivity index (χ0n) is 16.7. The van der Waals surface area contributed by atoms with E-state index in [2.05, 4.69) is 68.2 Å². The Balaban J connectivity index is 1.76. The number of rotatable bonds is 3. The van der Waals surface area contributed by atoms with Gasteiger partial charge in [0.1, 0.15) is 5.54 Å². The normalized spacial score (nSPS) is 25.3. The third-order valence-electron chi connectivity index (χ3n) is 5.83. The molecule has 1 N–H and O–H groups in total. The van der Waals surface area contributed by atoms with Crippen LogP contribution in [0.4, 0.5) is 0 Å². The molecule has 0 spiro atoms. The fraction of sp³-hybridized carbons (Fsp3) is 0.280. The Bertz CT molecular complexity index is 1070. The number of aliphatic imine (C=N–C) groups is 1. The lowest BCUT2D eigenvalue weighted by molar-refractivity contribution is 0.413. The summed E-state index contributed by atoms with van der Waals surface area (Å²) in [6.45, 7) is 6.37. The van der Waals surface area contributed by atoms with Crippen LogP contribution < -0.4 is 5.56 Å². The molecule has 0 saturated heterocycles. The van der Waals surface area contributed by atoms with Crippen LogP contribution in [-0.4, -0.2) is 11.2 Å². The highest BCUT2D eigenvalue weighted by Crippen LogP contribution is 2.51. The maximum Gasteiger partial charge on any atom is 0.248 e. The number of allylic oxidation sites excluding steroid dienone is 3. The van der Waals surface area contributed by atoms with Gasteiger partial charge in [-0.25, -0.2) is 0 Å². The second-order valence-electron chi connectivity index (χ2n) is 7.87. The quantitative estimate of drug-likeness (QED) is 0.591. The molecule has 3 heteroatoms. The number of fused-ring (bicyclic) bond motifs is 4. The summed E-state index contributed by atoms with van der Waals surface area (Å²) in [6, 6.07) is 12.0. The number of nitrogens with zero attached hydrogens (tertiary/aromatic N) is 1. The van der Waals surface area contributed by atoms with Crippen molar-refractivity contribution in [1.82, 2.24) is 4.98 Å². The summed E-state index contributed by atoms with van der Waals surface area (Å²) in [7, 11) is 0. The van der Waals surface area contributed by atoms with Crippen molar-refractivity contribution in [2.45, 2.75) is 39.2 Å². The highest BCUT2D eigenvalue weighted by molar-refractivity contribution is 5.79. The van der Waals surface area contributed by atoms with Crippen molar-refractivity contribution in [3.8, 4) is 0 Å². The van der Waals surface area contributed by atoms with Crippen molar-refractivity contribution < 1.29 is 0 Å². The van der Waals surface area contributed by atoms with Crippen molar-refractivity contribution in [3.63, 3.8) is 0 Å². The van der Waals surface area contributed by atoms with Crippen LogP contribution in [-0.2, 0) is 12.0 Å². The van der Waals surface area contributed by atoms with Gasteiger partial charge in [-0.2, -0.15) is 0 Å². The molecule has 142 valence electrons. The van der Waals surface area contributed by atoms with Crippen LogP contribution in [0.3, 0.4) is 0 Å². The van der Waals surface area contributed by atoms with E-state index in [9.17, 15) is 4.79 Å². The van der Waals surface area contributed by atoms with Gasteiger partial charge in [0.15, 0.2) is 0 Å². The van der Waals surface area contributed by atoms with Crippen molar-refractivity contribution in [2.75, 3.05) is 0 Å². The first-order valence-electron chi connectivity index (χ1n) is 9.87. The first kappa shape index (κ1) is 18.4. The predicted octanol–water partition coefficient (Wildman–Crippen LogP) is 5.13. The average molecular weight is 370 g/mol. The summed E-state index contributed by atoms with van der Waals surface area (Å²) in [5, 5.41) is 0. The molecule has 0 saturated carbocycles. The molecule has 28 heavy (non-hydrogen) atoms. The molecule has 2 aliphatic rings. The standard InChI is InChI=1S/C25H26N2O/c1-4-21-20-14-18(3)16-25(21,22-11-12-24(28)27-23(22)15-20)26-13-5-6-19-9-7-17(2)8-10-19/h4-14,20H,15-16H2,1-3H3,(H,27,28)/b6-5?,21-4+,26-13?/t20-,25+/m0/s1. The zero-order chi connectivity index (χ0) is 19.7. The molecule has 1 aromatic heterocycles. The number of benzene rings is 1. The topological polar surface area (TPSA) is 45.2 Å². The van der Waals surface area contributed by atoms with E-state index in [4.69, 9.17) is 4.99 Å². The molecule has 2 atom stereocenters. The Hall–Kier alpha value is -2.94. The maximum absolute atomic E-state index is 11.9. The second-order valence-corrected chi connectivity index (χ2v) is 7.87. The highest BCUT2D eigenvalue weighted by Gasteiger charge is 2.46. The van der Waals surface area contributed by atoms with Crippen molar-refractivity contribution in [1.29, 1.82) is 0 Å². The first-order chi connectivity index (χ1) is 13.5. The minimum atomic E-state index is -0.423. The maximum atomic E-state index is 11.9. The molecule has 1 aromatic carbocycles. The third kappa shape index (κ3) is 3.22. The highest BCUT2D eigenvalue weighted by atomic mass is 16.1. The van der Waals surface area contributed by atoms with Gasteiger partial charge in [-0.05, 0) is 50.5 Å². The Morgan fingerprint density at radius 1 is 1.14 bits per heavy atom. The van der Waals surface area contributed by atoms with Crippen molar-refractivity contribution in [2.24, 2.45) is 10.9 Å². The van der Waals surface area contributed by atoms with E-state index in [1.165, 1.54) is 16.7 Å². The van der Waals surface area contributed by atoms with Crippen LogP contribution in [0.25, 0.3) is 6.08 Å². The van der Waals surface area contributed by atoms with E-state index in [-0.39, 0.29) is 5.56 Å². The molecule has 4 rings (SSSR count). The van der Waals surface area contributed by atoms with Crippen molar-refractivity contribution in [3.05, 3.63) is 98.5 Å². The van der Waals surface area contributed by atoms with Crippen LogP contribution in [0, 0.1) is 12.8 Å². The Morgan fingerprint density at radius 2 is 1.93 bits per heavy atom. The fourth-order valence-corrected chi connectivity index (χ4v) is 4.65. The third-order valence-corrected chi connectivity index (χ3v) is 5.83. The van der Waals surface area contributed by atoms with Crippen LogP contribution in [0.2, 0.25) is 0 Å². The molecular formula is C25H26N2O. The van der Waals surface area contributed by atoms with E-state index in [0.29, 0.717) is 5.92 Å². The number of aryl methyl sites for hydroxylation is 1. The number of aromatic nitrogens is 1. The molecular weight excluding hydrogens is 344 g/mol. The zero-order valence-corrected chi connectivity index (χ0v) is 16.7. The molecule has 3 nitrogen and oxygen atoms in total. The van der Waals surface area contributed by atoms with E-state index in [1.807, 2.05) is 18.4 Å². The van der Waals surface area contributed by atoms with E-state index in [0.717, 1.165) is 29.7 Å². The summed E-state index contributed by atoms with van der Waals surface area (Å²) >= 11 is 0. The Kier molecular flexibility index (Phi) is 4.76. The second kappa shape index (κ2) is 7.23. The van der Waals surface area contributed by atoms with Gasteiger partial charge in [0.2, 0.25) is 5.56 Å². The number of hydrogen-bond acceptors (Lipinski definition) is 2. The average Bonchev–Trinajstić information content (AvgIpc) is 2.66. The van der Waals surface area contributed by atoms with Gasteiger partial charge in [-0.1, -0.05) is 53.6 Å². The molecule has 0 amide bonds. The molecule has 0 unspecified atom stereocenters. The van der Waals surface area contributed by atoms with Crippen LogP contribution >= 0.6 is 0 Å². The molecule has 0 fully saturated rings. The van der Waals surface area contributed by atoms with E-state index in [1.54, 1.807) is 6.07 Å². The van der Waals surface area contributed by atoms with Crippen molar-refractivity contribution >= 4 is 12.3 Å². The van der Waals surface area contributed by atoms with Gasteiger partial charge in [0, 0.05) is 35.9 Å². The molecule has 0 aliphatic heterocycles. The van der Waals surface area contributed by atoms with Crippen LogP contribution in [0.15, 0.2) is 75.6 Å². The number of hydrogen-bond donors (Lipinski definition) is 1. The largest absolute Gasteiger partial charge is 0.326 e. The lowest BCUT2D eigenvalue weighted by Gasteiger charge is -2.45. The lowest BCUT2D eigenvalue weighted by atomic mass is 9.63. The lowest BCUT2D eigenvalue weighted by Crippen LogP contribution is -2.40. The molecule has 1 heterocycles. The Morgan fingerprint density at radius 3 is 2.68 bits per heavy atom. The first-order valence-corrected chi connectivity index (χ1v) is 9.87. The van der Waals surface area contributed by atoms with Gasteiger partial charge in [0.05, 0.1) is 0 Å². The predicted molar refractivity (Wildman–Crippen MR) is 117 cm³/mol. The Labute approximate surface area is 166 Å². The van der Waals surface area contributed by atoms with Gasteiger partial charge >= 0.3 is 0 Å². The minimum absolute atomic E-state index is 0.0418. The summed E-state index contributed by atoms with van der Waals surface area (Å²) in [5.41, 5.74) is 6.78. The fourth-order valence-electron chi connectivity index (χ4n) is 4.65. The smallest absolute Gasteiger partial charge is 0.248 e. The van der Waals surface area contributed by atoms with Gasteiger partial charge in [-0.15, -0.1) is 0 Å². The van der Waals surface area contributed by atoms with Gasteiger partial charge in [-0.3, -0.25) is 9.79 Å². The van der Waals surface area contributed by atoms with Gasteiger partial charge in [0.25, 0.3) is 0 Å². The molecule has 2 aromatic rings. The van der Waals surface area contributed by atoms with Crippen LogP contribution in [0.5, 0.6) is 0 Å². The van der Waals surface area contributed by atoms with Crippen LogP contribution in [0.1, 0.15) is 42.7 Å². The number of pyridine rings is 1. The summed E-state index contributed by atoms with van der Waals surface area (Å²) in [5.74, 6) is 0.294. The van der Waals surface area contributed by atoms with Gasteiger partial charge < -0.3 is 4.98 Å². The number of aromatic amines is 1. The summed E-state index contributed by atoms with van der Waals surface area (Å²) in [6.07, 6.45) is 12.2. The summed E-state index contributed by atoms with van der Waals surface area (Å²) in [4.78, 5) is 20.0. The summed E-state index contributed by atoms with van der Waals surface area (Å²) < 4.78 is 0. The molecule has 2 aliphatic carbocycles. The SMILES string of the molecule is C/C=C1\[C@H]2C=C(C)C[C@]1(N=CC=Cc1ccc(C)cc1)c1ccc(=O)[nH]c1C2. The molecule has 0 radical (unpaired) electrons. The van der Waals surface area contributed by atoms with E-state index < -0.39 is 5.54 Å². The number of H-pyrrole nitrogens is 1. The van der Waals surface area contributed by atoms with E-state index >= 15 is 0 Å². The number of nitrogens with one attached hydrogen (secondary N) is 1. The monoisotopic (exact) mass is 370 g/mol.